The van der Waals surface area contributed by atoms with Gasteiger partial charge in [0.05, 0.1) is 20.7 Å². The van der Waals surface area contributed by atoms with Gasteiger partial charge in [-0.1, -0.05) is 66.9 Å². The Morgan fingerprint density at radius 2 is 1.75 bits per heavy atom. The van der Waals surface area contributed by atoms with Crippen molar-refractivity contribution in [2.75, 3.05) is 0 Å². The average molecular weight is 591 g/mol. The molecule has 0 aromatic heterocycles. The summed E-state index contributed by atoms with van der Waals surface area (Å²) in [6, 6.07) is 17.4. The molecule has 0 fully saturated rings. The van der Waals surface area contributed by atoms with Crippen LogP contribution in [0.25, 0.3) is 0 Å². The minimum atomic E-state index is -0.798. The van der Waals surface area contributed by atoms with Crippen molar-refractivity contribution in [1.82, 2.24) is 10.7 Å². The molecule has 2 amide bonds. The van der Waals surface area contributed by atoms with Crippen LogP contribution in [-0.2, 0) is 11.4 Å². The minimum absolute atomic E-state index is 0.175. The summed E-state index contributed by atoms with van der Waals surface area (Å²) < 4.78 is 6.65. The van der Waals surface area contributed by atoms with Gasteiger partial charge in [-0.3, -0.25) is 9.59 Å². The van der Waals surface area contributed by atoms with Crippen LogP contribution in [0.5, 0.6) is 5.75 Å². The SMILES string of the molecule is Cc1ccc(COc2ccc(C=NNC(=O)C(NC(=O)c3ccc(Cl)c(Cl)c3)C(C)C)cc2Br)cc1. The molecule has 0 saturated heterocycles. The summed E-state index contributed by atoms with van der Waals surface area (Å²) in [4.78, 5) is 25.3. The monoisotopic (exact) mass is 589 g/mol. The topological polar surface area (TPSA) is 79.8 Å². The average Bonchev–Trinajstić information content (AvgIpc) is 2.84. The summed E-state index contributed by atoms with van der Waals surface area (Å²) in [5, 5.41) is 7.38. The van der Waals surface area contributed by atoms with E-state index < -0.39 is 17.9 Å². The highest BCUT2D eigenvalue weighted by atomic mass is 79.9. The number of hydrogen-bond donors (Lipinski definition) is 2. The van der Waals surface area contributed by atoms with Gasteiger partial charge in [0.25, 0.3) is 11.8 Å². The van der Waals surface area contributed by atoms with Crippen molar-refractivity contribution in [2.45, 2.75) is 33.4 Å². The molecular weight excluding hydrogens is 565 g/mol. The van der Waals surface area contributed by atoms with Gasteiger partial charge in [0.15, 0.2) is 0 Å². The second kappa shape index (κ2) is 12.9. The van der Waals surface area contributed by atoms with Gasteiger partial charge >= 0.3 is 0 Å². The van der Waals surface area contributed by atoms with E-state index in [4.69, 9.17) is 27.9 Å². The molecule has 6 nitrogen and oxygen atoms in total. The van der Waals surface area contributed by atoms with E-state index >= 15 is 0 Å². The zero-order valence-electron chi connectivity index (χ0n) is 20.0. The third-order valence-electron chi connectivity index (χ3n) is 5.28. The molecule has 0 aliphatic rings. The first kappa shape index (κ1) is 27.7. The van der Waals surface area contributed by atoms with Gasteiger partial charge in [0.1, 0.15) is 18.4 Å². The molecule has 36 heavy (non-hydrogen) atoms. The quantitative estimate of drug-likeness (QED) is 0.219. The van der Waals surface area contributed by atoms with Crippen LogP contribution in [0.15, 0.2) is 70.2 Å². The number of benzene rings is 3. The van der Waals surface area contributed by atoms with Gasteiger partial charge in [0, 0.05) is 5.56 Å². The summed E-state index contributed by atoms with van der Waals surface area (Å²) in [5.74, 6) is -0.351. The van der Waals surface area contributed by atoms with Crippen molar-refractivity contribution in [2.24, 2.45) is 11.0 Å². The maximum Gasteiger partial charge on any atom is 0.262 e. The number of carbonyl (C=O) groups is 2. The Labute approximate surface area is 229 Å². The van der Waals surface area contributed by atoms with Crippen LogP contribution >= 0.6 is 39.1 Å². The number of hydrazone groups is 1. The standard InChI is InChI=1S/C27H26BrCl2N3O3/c1-16(2)25(32-26(34)20-9-10-22(29)23(30)13-20)27(35)33-31-14-19-8-11-24(21(28)12-19)36-15-18-6-4-17(3)5-7-18/h4-14,16,25H,15H2,1-3H3,(H,32,34)(H,33,35). The molecule has 0 aliphatic heterocycles. The van der Waals surface area contributed by atoms with Gasteiger partial charge in [-0.05, 0) is 76.3 Å². The van der Waals surface area contributed by atoms with E-state index in [9.17, 15) is 9.59 Å². The highest BCUT2D eigenvalue weighted by Gasteiger charge is 2.24. The van der Waals surface area contributed by atoms with Crippen molar-refractivity contribution >= 4 is 57.2 Å². The van der Waals surface area contributed by atoms with E-state index in [1.54, 1.807) is 6.07 Å². The van der Waals surface area contributed by atoms with Crippen LogP contribution in [0, 0.1) is 12.8 Å². The zero-order chi connectivity index (χ0) is 26.2. The number of ether oxygens (including phenoxy) is 1. The van der Waals surface area contributed by atoms with E-state index in [1.165, 1.54) is 23.9 Å². The number of aryl methyl sites for hydroxylation is 1. The first-order valence-corrected chi connectivity index (χ1v) is 12.8. The van der Waals surface area contributed by atoms with Gasteiger partial charge in [-0.25, -0.2) is 5.43 Å². The number of amides is 2. The van der Waals surface area contributed by atoms with Gasteiger partial charge in [-0.2, -0.15) is 5.10 Å². The lowest BCUT2D eigenvalue weighted by Crippen LogP contribution is -2.48. The number of nitrogens with one attached hydrogen (secondary N) is 2. The van der Waals surface area contributed by atoms with Crippen molar-refractivity contribution in [1.29, 1.82) is 0 Å². The largest absolute Gasteiger partial charge is 0.488 e. The number of halogens is 3. The second-order valence-corrected chi connectivity index (χ2v) is 10.2. The van der Waals surface area contributed by atoms with Crippen molar-refractivity contribution in [3.63, 3.8) is 0 Å². The van der Waals surface area contributed by atoms with Crippen molar-refractivity contribution in [3.05, 3.63) is 97.4 Å². The predicted molar refractivity (Wildman–Crippen MR) is 148 cm³/mol. The number of nitrogens with zero attached hydrogens (tertiary/aromatic N) is 1. The Morgan fingerprint density at radius 1 is 1.03 bits per heavy atom. The van der Waals surface area contributed by atoms with Crippen LogP contribution in [0.1, 0.15) is 40.9 Å². The molecule has 0 aliphatic carbocycles. The van der Waals surface area contributed by atoms with Crippen LogP contribution in [0.2, 0.25) is 10.0 Å². The third-order valence-corrected chi connectivity index (χ3v) is 6.64. The molecule has 0 bridgehead atoms. The van der Waals surface area contributed by atoms with Crippen LogP contribution in [-0.4, -0.2) is 24.1 Å². The summed E-state index contributed by atoms with van der Waals surface area (Å²) in [5.41, 5.74) is 5.83. The van der Waals surface area contributed by atoms with Crippen molar-refractivity contribution < 1.29 is 14.3 Å². The number of carbonyl (C=O) groups excluding carboxylic acids is 2. The van der Waals surface area contributed by atoms with Gasteiger partial charge in [0.2, 0.25) is 0 Å². The number of hydrogen-bond acceptors (Lipinski definition) is 4. The second-order valence-electron chi connectivity index (χ2n) is 8.52. The molecule has 2 N–H and O–H groups in total. The van der Waals surface area contributed by atoms with E-state index in [0.717, 1.165) is 15.6 Å². The fraction of sp³-hybridized carbons (Fsp3) is 0.222. The lowest BCUT2D eigenvalue weighted by Gasteiger charge is -2.20. The molecule has 0 saturated carbocycles. The summed E-state index contributed by atoms with van der Waals surface area (Å²) in [7, 11) is 0. The van der Waals surface area contributed by atoms with Crippen LogP contribution in [0.3, 0.4) is 0 Å². The summed E-state index contributed by atoms with van der Waals surface area (Å²) in [6.45, 7) is 6.15. The predicted octanol–water partition coefficient (Wildman–Crippen LogP) is 6.55. The Kier molecular flexibility index (Phi) is 9.93. The van der Waals surface area contributed by atoms with E-state index in [1.807, 2.05) is 63.2 Å². The Hall–Kier alpha value is -2.87. The fourth-order valence-corrected chi connectivity index (χ4v) is 4.01. The van der Waals surface area contributed by atoms with Gasteiger partial charge in [-0.15, -0.1) is 0 Å². The van der Waals surface area contributed by atoms with E-state index in [0.29, 0.717) is 22.9 Å². The minimum Gasteiger partial charge on any atom is -0.488 e. The molecule has 3 rings (SSSR count). The molecule has 0 spiro atoms. The van der Waals surface area contributed by atoms with Crippen LogP contribution < -0.4 is 15.5 Å². The summed E-state index contributed by atoms with van der Waals surface area (Å²) in [6.07, 6.45) is 1.52. The highest BCUT2D eigenvalue weighted by molar-refractivity contribution is 9.10. The van der Waals surface area contributed by atoms with Crippen molar-refractivity contribution in [3.8, 4) is 5.75 Å². The first-order valence-electron chi connectivity index (χ1n) is 11.2. The zero-order valence-corrected chi connectivity index (χ0v) is 23.1. The molecule has 9 heteroatoms. The lowest BCUT2D eigenvalue weighted by atomic mass is 10.0. The first-order chi connectivity index (χ1) is 17.1. The highest BCUT2D eigenvalue weighted by Crippen LogP contribution is 2.26. The molecule has 1 unspecified atom stereocenters. The van der Waals surface area contributed by atoms with E-state index in [2.05, 4.69) is 31.8 Å². The molecule has 3 aromatic rings. The molecule has 0 radical (unpaired) electrons. The maximum absolute atomic E-state index is 12.7. The fourth-order valence-electron chi connectivity index (χ4n) is 3.20. The lowest BCUT2D eigenvalue weighted by molar-refractivity contribution is -0.123. The molecule has 1 atom stereocenters. The Morgan fingerprint density at radius 3 is 2.39 bits per heavy atom. The smallest absolute Gasteiger partial charge is 0.262 e. The maximum atomic E-state index is 12.7. The molecular formula is C27H26BrCl2N3O3. The Balaban J connectivity index is 1.58. The molecule has 0 heterocycles. The van der Waals surface area contributed by atoms with E-state index in [-0.39, 0.29) is 10.9 Å². The van der Waals surface area contributed by atoms with Crippen LogP contribution in [0.4, 0.5) is 0 Å². The normalized spacial score (nSPS) is 12.0. The number of rotatable bonds is 9. The third kappa shape index (κ3) is 7.82. The summed E-state index contributed by atoms with van der Waals surface area (Å²) >= 11 is 15.4. The molecule has 188 valence electrons. The molecule has 3 aromatic carbocycles. The Bertz CT molecular complexity index is 1260. The van der Waals surface area contributed by atoms with Gasteiger partial charge < -0.3 is 10.1 Å².